The van der Waals surface area contributed by atoms with Gasteiger partial charge in [-0.2, -0.15) is 0 Å². The minimum Gasteiger partial charge on any atom is -0.480 e. The molecule has 1 fully saturated rings. The minimum atomic E-state index is -0.960. The number of nitrogens with one attached hydrogen (secondary N) is 2. The molecule has 1 aliphatic heterocycles. The maximum absolute atomic E-state index is 13.7. The SMILES string of the molecule is C[C@@H]1CCC[C@H](C)N1CCCCCn1c(=O)c(-c2cccc(C(=N)N)c2)nc2ccc(NCC(=O)O)cc21. The van der Waals surface area contributed by atoms with Crippen LogP contribution in [0, 0.1) is 5.41 Å². The zero-order valence-electron chi connectivity index (χ0n) is 22.2. The van der Waals surface area contributed by atoms with Gasteiger partial charge in [0.2, 0.25) is 0 Å². The quantitative estimate of drug-likeness (QED) is 0.169. The Bertz CT molecular complexity index is 1360. The van der Waals surface area contributed by atoms with E-state index in [1.165, 1.54) is 19.3 Å². The first-order chi connectivity index (χ1) is 18.2. The average Bonchev–Trinajstić information content (AvgIpc) is 2.89. The monoisotopic (exact) mass is 518 g/mol. The molecule has 0 amide bonds. The van der Waals surface area contributed by atoms with Crippen molar-refractivity contribution in [2.24, 2.45) is 5.73 Å². The summed E-state index contributed by atoms with van der Waals surface area (Å²) in [6.07, 6.45) is 6.74. The van der Waals surface area contributed by atoms with E-state index >= 15 is 0 Å². The van der Waals surface area contributed by atoms with Crippen molar-refractivity contribution in [2.75, 3.05) is 18.4 Å². The summed E-state index contributed by atoms with van der Waals surface area (Å²) in [5.41, 5.74) is 8.84. The van der Waals surface area contributed by atoms with Gasteiger partial charge >= 0.3 is 5.97 Å². The molecule has 2 aromatic carbocycles. The van der Waals surface area contributed by atoms with Gasteiger partial charge in [0, 0.05) is 35.4 Å². The van der Waals surface area contributed by atoms with E-state index in [-0.39, 0.29) is 17.9 Å². The molecule has 9 heteroatoms. The number of unbranched alkanes of at least 4 members (excludes halogenated alkanes) is 2. The fourth-order valence-corrected chi connectivity index (χ4v) is 5.43. The van der Waals surface area contributed by atoms with Crippen molar-refractivity contribution in [3.8, 4) is 11.3 Å². The fourth-order valence-electron chi connectivity index (χ4n) is 5.43. The number of amidine groups is 1. The third-order valence-corrected chi connectivity index (χ3v) is 7.51. The summed E-state index contributed by atoms with van der Waals surface area (Å²) < 4.78 is 1.75. The lowest BCUT2D eigenvalue weighted by Gasteiger charge is -2.39. The second-order valence-corrected chi connectivity index (χ2v) is 10.3. The number of carboxylic acids is 1. The van der Waals surface area contributed by atoms with Crippen LogP contribution in [0.15, 0.2) is 47.3 Å². The van der Waals surface area contributed by atoms with Crippen LogP contribution in [0.2, 0.25) is 0 Å². The predicted octanol–water partition coefficient (Wildman–Crippen LogP) is 4.28. The van der Waals surface area contributed by atoms with Crippen LogP contribution in [0.3, 0.4) is 0 Å². The molecule has 1 aromatic heterocycles. The number of likely N-dealkylation sites (tertiary alicyclic amines) is 1. The number of piperidine rings is 1. The van der Waals surface area contributed by atoms with E-state index in [1.807, 2.05) is 0 Å². The first-order valence-corrected chi connectivity index (χ1v) is 13.5. The molecule has 0 saturated carbocycles. The number of rotatable bonds is 11. The number of nitrogens with zero attached hydrogens (tertiary/aromatic N) is 3. The van der Waals surface area contributed by atoms with Gasteiger partial charge in [0.15, 0.2) is 0 Å². The lowest BCUT2D eigenvalue weighted by atomic mass is 9.97. The van der Waals surface area contributed by atoms with Crippen LogP contribution in [0.5, 0.6) is 0 Å². The topological polar surface area (TPSA) is 137 Å². The molecule has 2 atom stereocenters. The predicted molar refractivity (Wildman–Crippen MR) is 152 cm³/mol. The maximum Gasteiger partial charge on any atom is 0.322 e. The largest absolute Gasteiger partial charge is 0.480 e. The van der Waals surface area contributed by atoms with Gasteiger partial charge in [0.1, 0.15) is 18.1 Å². The number of aryl methyl sites for hydroxylation is 1. The Hall–Kier alpha value is -3.72. The van der Waals surface area contributed by atoms with Gasteiger partial charge in [0.05, 0.1) is 11.0 Å². The summed E-state index contributed by atoms with van der Waals surface area (Å²) in [5, 5.41) is 19.7. The molecule has 38 heavy (non-hydrogen) atoms. The zero-order chi connectivity index (χ0) is 27.2. The van der Waals surface area contributed by atoms with Crippen LogP contribution in [0.1, 0.15) is 57.9 Å². The van der Waals surface area contributed by atoms with E-state index < -0.39 is 5.97 Å². The Morgan fingerprint density at radius 1 is 1.11 bits per heavy atom. The molecule has 0 aliphatic carbocycles. The van der Waals surface area contributed by atoms with Gasteiger partial charge < -0.3 is 20.7 Å². The number of nitrogens with two attached hydrogens (primary N) is 1. The number of aliphatic carboxylic acids is 1. The summed E-state index contributed by atoms with van der Waals surface area (Å²) in [6.45, 7) is 6.02. The summed E-state index contributed by atoms with van der Waals surface area (Å²) in [5.74, 6) is -1.03. The Labute approximate surface area is 223 Å². The van der Waals surface area contributed by atoms with E-state index in [1.54, 1.807) is 47.0 Å². The summed E-state index contributed by atoms with van der Waals surface area (Å²) in [6, 6.07) is 13.6. The molecular weight excluding hydrogens is 480 g/mol. The van der Waals surface area contributed by atoms with E-state index in [2.05, 4.69) is 29.0 Å². The van der Waals surface area contributed by atoms with Crippen molar-refractivity contribution in [3.05, 3.63) is 58.4 Å². The molecular formula is C29H38N6O3. The van der Waals surface area contributed by atoms with E-state index in [0.717, 1.165) is 25.8 Å². The molecule has 3 aromatic rings. The molecule has 0 radical (unpaired) electrons. The number of benzene rings is 2. The van der Waals surface area contributed by atoms with Crippen molar-refractivity contribution < 1.29 is 9.90 Å². The van der Waals surface area contributed by atoms with Crippen LogP contribution >= 0.6 is 0 Å². The van der Waals surface area contributed by atoms with Crippen molar-refractivity contribution >= 4 is 28.5 Å². The lowest BCUT2D eigenvalue weighted by molar-refractivity contribution is -0.134. The number of nitrogen functional groups attached to an aromatic ring is 1. The number of hydrogen-bond acceptors (Lipinski definition) is 6. The number of fused-ring (bicyclic) bond motifs is 1. The molecule has 4 rings (SSSR count). The van der Waals surface area contributed by atoms with E-state index in [4.69, 9.17) is 16.2 Å². The first-order valence-electron chi connectivity index (χ1n) is 13.5. The molecule has 9 nitrogen and oxygen atoms in total. The van der Waals surface area contributed by atoms with Gasteiger partial charge in [-0.1, -0.05) is 31.0 Å². The molecule has 1 saturated heterocycles. The van der Waals surface area contributed by atoms with Crippen molar-refractivity contribution in [3.63, 3.8) is 0 Å². The number of aromatic nitrogens is 2. The molecule has 0 spiro atoms. The second-order valence-electron chi connectivity index (χ2n) is 10.3. The third-order valence-electron chi connectivity index (χ3n) is 7.51. The van der Waals surface area contributed by atoms with Gasteiger partial charge in [-0.05, 0) is 70.3 Å². The highest BCUT2D eigenvalue weighted by Crippen LogP contribution is 2.24. The number of carbonyl (C=O) groups is 1. The van der Waals surface area contributed by atoms with Gasteiger partial charge in [0.25, 0.3) is 5.56 Å². The second kappa shape index (κ2) is 12.2. The number of carboxylic acid groups (broad SMARTS) is 1. The van der Waals surface area contributed by atoms with Gasteiger partial charge in [-0.15, -0.1) is 0 Å². The lowest BCUT2D eigenvalue weighted by Crippen LogP contribution is -2.44. The summed E-state index contributed by atoms with van der Waals surface area (Å²) >= 11 is 0. The Morgan fingerprint density at radius 3 is 2.55 bits per heavy atom. The van der Waals surface area contributed by atoms with Gasteiger partial charge in [-0.3, -0.25) is 19.9 Å². The van der Waals surface area contributed by atoms with Crippen molar-refractivity contribution in [1.82, 2.24) is 14.5 Å². The van der Waals surface area contributed by atoms with Crippen LogP contribution in [-0.4, -0.2) is 56.5 Å². The molecule has 0 bridgehead atoms. The Balaban J connectivity index is 1.60. The third kappa shape index (κ3) is 6.39. The minimum absolute atomic E-state index is 0.0700. The summed E-state index contributed by atoms with van der Waals surface area (Å²) in [7, 11) is 0. The fraction of sp³-hybridized carbons (Fsp3) is 0.448. The number of hydrogen-bond donors (Lipinski definition) is 4. The number of anilines is 1. The molecule has 5 N–H and O–H groups in total. The maximum atomic E-state index is 13.7. The highest BCUT2D eigenvalue weighted by atomic mass is 16.4. The standard InChI is InChI=1S/C29H38N6O3/c1-19-8-6-9-20(2)34(19)14-4-3-5-15-35-25-17-23(32-18-26(36)37)12-13-24(25)33-27(29(35)38)21-10-7-11-22(16-21)28(30)31/h7,10-13,16-17,19-20,32H,3-6,8-9,14-15,18H2,1-2H3,(H3,30,31)(H,36,37)/t19-,20+. The molecule has 1 aliphatic rings. The van der Waals surface area contributed by atoms with E-state index in [0.29, 0.717) is 52.2 Å². The van der Waals surface area contributed by atoms with Gasteiger partial charge in [-0.25, -0.2) is 4.98 Å². The molecule has 2 heterocycles. The zero-order valence-corrected chi connectivity index (χ0v) is 22.2. The Morgan fingerprint density at radius 2 is 1.84 bits per heavy atom. The van der Waals surface area contributed by atoms with Crippen LogP contribution < -0.4 is 16.6 Å². The summed E-state index contributed by atoms with van der Waals surface area (Å²) in [4.78, 5) is 32.0. The highest BCUT2D eigenvalue weighted by Gasteiger charge is 2.23. The van der Waals surface area contributed by atoms with Crippen LogP contribution in [-0.2, 0) is 11.3 Å². The Kier molecular flexibility index (Phi) is 8.78. The average molecular weight is 519 g/mol. The van der Waals surface area contributed by atoms with Crippen molar-refractivity contribution in [1.29, 1.82) is 5.41 Å². The van der Waals surface area contributed by atoms with Crippen LogP contribution in [0.25, 0.3) is 22.3 Å². The first kappa shape index (κ1) is 27.3. The highest BCUT2D eigenvalue weighted by molar-refractivity contribution is 5.96. The van der Waals surface area contributed by atoms with Crippen molar-refractivity contribution in [2.45, 2.75) is 71.0 Å². The molecule has 0 unspecified atom stereocenters. The van der Waals surface area contributed by atoms with E-state index in [9.17, 15) is 9.59 Å². The smallest absolute Gasteiger partial charge is 0.322 e. The normalized spacial score (nSPS) is 17.9. The van der Waals surface area contributed by atoms with Crippen LogP contribution in [0.4, 0.5) is 5.69 Å². The molecule has 202 valence electrons.